The Hall–Kier alpha value is -3.50. The van der Waals surface area contributed by atoms with Gasteiger partial charge in [0, 0.05) is 65.6 Å². The molecule has 0 saturated carbocycles. The van der Waals surface area contributed by atoms with Crippen LogP contribution in [0, 0.1) is 5.92 Å². The first kappa shape index (κ1) is 29.5. The van der Waals surface area contributed by atoms with Crippen molar-refractivity contribution < 1.29 is 23.1 Å². The highest BCUT2D eigenvalue weighted by Gasteiger charge is 2.31. The Kier molecular flexibility index (Phi) is 9.42. The highest BCUT2D eigenvalue weighted by atomic mass is 35.5. The van der Waals surface area contributed by atoms with Crippen LogP contribution in [0.3, 0.4) is 0 Å². The number of carbonyl (C=O) groups excluding carboxylic acids is 2. The van der Waals surface area contributed by atoms with E-state index < -0.39 is 12.1 Å². The molecule has 3 fully saturated rings. The van der Waals surface area contributed by atoms with Gasteiger partial charge < -0.3 is 35.4 Å². The van der Waals surface area contributed by atoms with Gasteiger partial charge in [-0.25, -0.2) is 18.7 Å². The van der Waals surface area contributed by atoms with Crippen LogP contribution < -0.4 is 20.9 Å². The summed E-state index contributed by atoms with van der Waals surface area (Å²) in [5, 5.41) is 3.06. The number of carbonyl (C=O) groups is 2. The Labute approximate surface area is 235 Å². The number of nitrogens with one attached hydrogen (secondary N) is 1. The molecule has 0 unspecified atom stereocenters. The molecular weight excluding hydrogens is 552 g/mol. The number of nitrogens with two attached hydrogens (primary N) is 1. The zero-order valence-electron chi connectivity index (χ0n) is 22.0. The van der Waals surface area contributed by atoms with Gasteiger partial charge in [0.1, 0.15) is 5.69 Å². The molecule has 0 atom stereocenters. The second-order valence-corrected chi connectivity index (χ2v) is 9.60. The van der Waals surface area contributed by atoms with E-state index in [1.807, 2.05) is 9.80 Å². The van der Waals surface area contributed by atoms with Gasteiger partial charge in [0.05, 0.1) is 31.2 Å². The standard InChI is InChI=1S/C23H31F2N11O3.ClH/c1-33(20(38)14-10-27-11-14)13-16(37)34-2-4-35(5-3-34)22-30-19(15-12-28-21(26)29-17(15)18(24)25)31-23(32-22)36-6-8-39-9-7-36;/h12,14,18,27H,2-11,13H2,1H3,(H2,26,28,29);1H. The van der Waals surface area contributed by atoms with Gasteiger partial charge in [-0.1, -0.05) is 0 Å². The molecule has 40 heavy (non-hydrogen) atoms. The number of rotatable bonds is 7. The van der Waals surface area contributed by atoms with Gasteiger partial charge in [-0.2, -0.15) is 15.0 Å². The van der Waals surface area contributed by atoms with Crippen molar-refractivity contribution in [2.45, 2.75) is 6.43 Å². The summed E-state index contributed by atoms with van der Waals surface area (Å²) in [6.45, 7) is 4.96. The molecule has 3 N–H and O–H groups in total. The Morgan fingerprint density at radius 3 is 2.25 bits per heavy atom. The maximum atomic E-state index is 13.8. The lowest BCUT2D eigenvalue weighted by Gasteiger charge is -2.36. The fraction of sp³-hybridized carbons (Fsp3) is 0.609. The third kappa shape index (κ3) is 6.45. The van der Waals surface area contributed by atoms with Crippen LogP contribution in [0.4, 0.5) is 26.6 Å². The maximum Gasteiger partial charge on any atom is 0.281 e. The quantitative estimate of drug-likeness (QED) is 0.428. The minimum Gasteiger partial charge on any atom is -0.378 e. The number of ether oxygens (including phenoxy) is 1. The predicted molar refractivity (Wildman–Crippen MR) is 143 cm³/mol. The summed E-state index contributed by atoms with van der Waals surface area (Å²) in [7, 11) is 1.64. The Morgan fingerprint density at radius 1 is 1.05 bits per heavy atom. The van der Waals surface area contributed by atoms with Gasteiger partial charge in [0.2, 0.25) is 29.7 Å². The normalized spacial score (nSPS) is 17.9. The van der Waals surface area contributed by atoms with Crippen LogP contribution in [0.15, 0.2) is 6.20 Å². The number of anilines is 3. The lowest BCUT2D eigenvalue weighted by molar-refractivity contribution is -0.142. The van der Waals surface area contributed by atoms with Crippen LogP contribution >= 0.6 is 12.4 Å². The van der Waals surface area contributed by atoms with Crippen LogP contribution in [0.2, 0.25) is 0 Å². The van der Waals surface area contributed by atoms with E-state index >= 15 is 0 Å². The smallest absolute Gasteiger partial charge is 0.281 e. The van der Waals surface area contributed by atoms with E-state index in [-0.39, 0.29) is 54.0 Å². The molecule has 2 amide bonds. The molecule has 3 saturated heterocycles. The van der Waals surface area contributed by atoms with E-state index in [1.165, 1.54) is 11.1 Å². The second-order valence-electron chi connectivity index (χ2n) is 9.60. The Bertz CT molecular complexity index is 1210. The number of morpholine rings is 1. The van der Waals surface area contributed by atoms with E-state index in [0.29, 0.717) is 77.5 Å². The van der Waals surface area contributed by atoms with Crippen LogP contribution in [0.5, 0.6) is 0 Å². The molecule has 5 heterocycles. The average molecular weight is 584 g/mol. The summed E-state index contributed by atoms with van der Waals surface area (Å²) >= 11 is 0. The fourth-order valence-corrected chi connectivity index (χ4v) is 4.58. The monoisotopic (exact) mass is 583 g/mol. The van der Waals surface area contributed by atoms with Gasteiger partial charge in [-0.3, -0.25) is 9.59 Å². The molecule has 2 aromatic heterocycles. The summed E-state index contributed by atoms with van der Waals surface area (Å²) in [5.74, 6) is 0.132. The first-order chi connectivity index (χ1) is 18.8. The molecule has 0 radical (unpaired) electrons. The topological polar surface area (TPSA) is 159 Å². The van der Waals surface area contributed by atoms with Crippen LogP contribution in [0.1, 0.15) is 12.1 Å². The van der Waals surface area contributed by atoms with Crippen molar-refractivity contribution in [2.24, 2.45) is 5.92 Å². The number of halogens is 3. The zero-order valence-corrected chi connectivity index (χ0v) is 22.8. The fourth-order valence-electron chi connectivity index (χ4n) is 4.58. The number of piperazine rings is 1. The number of nitrogen functional groups attached to an aromatic ring is 1. The third-order valence-electron chi connectivity index (χ3n) is 6.98. The second kappa shape index (κ2) is 12.8. The minimum absolute atomic E-state index is 0. The summed E-state index contributed by atoms with van der Waals surface area (Å²) in [6, 6.07) is 0. The number of nitrogens with zero attached hydrogens (tertiary/aromatic N) is 9. The van der Waals surface area contributed by atoms with Crippen molar-refractivity contribution >= 4 is 42.1 Å². The van der Waals surface area contributed by atoms with Gasteiger partial charge >= 0.3 is 0 Å². The van der Waals surface area contributed by atoms with Crippen molar-refractivity contribution in [3.63, 3.8) is 0 Å². The molecule has 218 valence electrons. The highest BCUT2D eigenvalue weighted by molar-refractivity contribution is 5.86. The number of likely N-dealkylation sites (N-methyl/N-ethyl adjacent to an activating group) is 1. The van der Waals surface area contributed by atoms with E-state index in [2.05, 4.69) is 30.2 Å². The number of hydrogen-bond acceptors (Lipinski definition) is 12. The lowest BCUT2D eigenvalue weighted by Crippen LogP contribution is -2.55. The van der Waals surface area contributed by atoms with Gasteiger partial charge in [0.25, 0.3) is 6.43 Å². The van der Waals surface area contributed by atoms with Crippen LogP contribution in [-0.2, 0) is 14.3 Å². The molecule has 3 aliphatic heterocycles. The maximum absolute atomic E-state index is 13.8. The van der Waals surface area contributed by atoms with Crippen molar-refractivity contribution in [2.75, 3.05) is 94.7 Å². The number of amides is 2. The predicted octanol–water partition coefficient (Wildman–Crippen LogP) is -0.567. The molecule has 0 spiro atoms. The van der Waals surface area contributed by atoms with E-state index in [9.17, 15) is 18.4 Å². The summed E-state index contributed by atoms with van der Waals surface area (Å²) in [5.41, 5.74) is 4.97. The molecule has 3 aliphatic rings. The van der Waals surface area contributed by atoms with Crippen molar-refractivity contribution in [3.8, 4) is 11.4 Å². The summed E-state index contributed by atoms with van der Waals surface area (Å²) < 4.78 is 33.0. The van der Waals surface area contributed by atoms with Gasteiger partial charge in [-0.05, 0) is 0 Å². The number of hydrogen-bond donors (Lipinski definition) is 2. The third-order valence-corrected chi connectivity index (χ3v) is 6.98. The largest absolute Gasteiger partial charge is 0.378 e. The average Bonchev–Trinajstić information content (AvgIpc) is 2.92. The molecule has 17 heteroatoms. The molecule has 0 aromatic carbocycles. The molecule has 0 bridgehead atoms. The van der Waals surface area contributed by atoms with Crippen LogP contribution in [0.25, 0.3) is 11.4 Å². The van der Waals surface area contributed by atoms with Gasteiger partial charge in [0.15, 0.2) is 5.82 Å². The van der Waals surface area contributed by atoms with Crippen molar-refractivity contribution in [1.29, 1.82) is 0 Å². The van der Waals surface area contributed by atoms with Crippen LogP contribution in [-0.4, -0.2) is 126 Å². The Morgan fingerprint density at radius 2 is 1.68 bits per heavy atom. The molecular formula is C23H32ClF2N11O3. The van der Waals surface area contributed by atoms with E-state index in [1.54, 1.807) is 11.9 Å². The van der Waals surface area contributed by atoms with Gasteiger partial charge in [-0.15, -0.1) is 12.4 Å². The van der Waals surface area contributed by atoms with E-state index in [4.69, 9.17) is 10.5 Å². The number of alkyl halides is 2. The van der Waals surface area contributed by atoms with Crippen molar-refractivity contribution in [3.05, 3.63) is 11.9 Å². The molecule has 2 aromatic rings. The minimum atomic E-state index is -2.91. The first-order valence-electron chi connectivity index (χ1n) is 12.8. The van der Waals surface area contributed by atoms with E-state index in [0.717, 1.165) is 0 Å². The highest BCUT2D eigenvalue weighted by Crippen LogP contribution is 2.30. The lowest BCUT2D eigenvalue weighted by atomic mass is 10.0. The zero-order chi connectivity index (χ0) is 27.5. The molecule has 14 nitrogen and oxygen atoms in total. The molecule has 5 rings (SSSR count). The summed E-state index contributed by atoms with van der Waals surface area (Å²) in [4.78, 5) is 53.4. The van der Waals surface area contributed by atoms with Crippen molar-refractivity contribution in [1.82, 2.24) is 40.0 Å². The summed E-state index contributed by atoms with van der Waals surface area (Å²) in [6.07, 6.45) is -1.71. The SMILES string of the molecule is CN(CC(=O)N1CCN(c2nc(-c3cnc(N)nc3C(F)F)nc(N3CCOCC3)n2)CC1)C(=O)C1CNC1.Cl. The Balaban J connectivity index is 0.00000370. The number of aromatic nitrogens is 5. The first-order valence-corrected chi connectivity index (χ1v) is 12.8. The molecule has 0 aliphatic carbocycles.